The quantitative estimate of drug-likeness (QED) is 0.837. The van der Waals surface area contributed by atoms with Crippen molar-refractivity contribution in [1.82, 2.24) is 15.0 Å². The van der Waals surface area contributed by atoms with E-state index in [4.69, 9.17) is 4.52 Å². The van der Waals surface area contributed by atoms with Gasteiger partial charge in [-0.2, -0.15) is 0 Å². The second-order valence-electron chi connectivity index (χ2n) is 6.22. The molecule has 1 unspecified atom stereocenters. The number of amides is 1. The zero-order valence-electron chi connectivity index (χ0n) is 13.7. The van der Waals surface area contributed by atoms with Gasteiger partial charge in [0.1, 0.15) is 5.76 Å². The van der Waals surface area contributed by atoms with Crippen LogP contribution in [0.15, 0.2) is 4.52 Å². The lowest BCUT2D eigenvalue weighted by molar-refractivity contribution is -0.130. The lowest BCUT2D eigenvalue weighted by Gasteiger charge is -2.32. The molecule has 0 aromatic carbocycles. The Kier molecular flexibility index (Phi) is 5.39. The lowest BCUT2D eigenvalue weighted by Crippen LogP contribution is -2.37. The third-order valence-electron chi connectivity index (χ3n) is 4.62. The molecule has 2 heterocycles. The average molecular weight is 293 g/mol. The number of aryl methyl sites for hydroxylation is 2. The smallest absolute Gasteiger partial charge is 0.222 e. The van der Waals surface area contributed by atoms with Gasteiger partial charge in [-0.15, -0.1) is 0 Å². The van der Waals surface area contributed by atoms with Gasteiger partial charge in [0.15, 0.2) is 0 Å². The Bertz CT molecular complexity index is 464. The van der Waals surface area contributed by atoms with Crippen LogP contribution in [0.1, 0.15) is 49.1 Å². The van der Waals surface area contributed by atoms with Crippen molar-refractivity contribution in [1.29, 1.82) is 0 Å². The van der Waals surface area contributed by atoms with E-state index in [0.717, 1.165) is 30.0 Å². The van der Waals surface area contributed by atoms with Crippen molar-refractivity contribution in [2.75, 3.05) is 20.6 Å². The summed E-state index contributed by atoms with van der Waals surface area (Å²) in [5, 5.41) is 3.94. The third kappa shape index (κ3) is 4.06. The molecule has 0 aliphatic carbocycles. The van der Waals surface area contributed by atoms with Crippen molar-refractivity contribution in [3.8, 4) is 0 Å². The molecular formula is C16H27N3O2. The number of rotatable bonds is 5. The van der Waals surface area contributed by atoms with Gasteiger partial charge < -0.3 is 14.3 Å². The Morgan fingerprint density at radius 1 is 1.43 bits per heavy atom. The third-order valence-corrected chi connectivity index (χ3v) is 4.62. The molecule has 0 saturated carbocycles. The molecule has 2 rings (SSSR count). The molecule has 0 N–H and O–H groups in total. The number of hydrogen-bond acceptors (Lipinski definition) is 4. The molecule has 1 aromatic rings. The zero-order valence-corrected chi connectivity index (χ0v) is 13.7. The topological polar surface area (TPSA) is 49.6 Å². The van der Waals surface area contributed by atoms with Crippen LogP contribution < -0.4 is 0 Å². The van der Waals surface area contributed by atoms with Gasteiger partial charge in [-0.05, 0) is 46.7 Å². The van der Waals surface area contributed by atoms with Crippen LogP contribution in [-0.2, 0) is 11.3 Å². The number of nitrogens with zero attached hydrogens (tertiary/aromatic N) is 3. The number of carbonyl (C=O) groups is 1. The highest BCUT2D eigenvalue weighted by molar-refractivity contribution is 5.75. The molecule has 1 aliphatic rings. The van der Waals surface area contributed by atoms with Gasteiger partial charge >= 0.3 is 0 Å². The summed E-state index contributed by atoms with van der Waals surface area (Å²) in [4.78, 5) is 16.5. The lowest BCUT2D eigenvalue weighted by atomic mass is 9.98. The highest BCUT2D eigenvalue weighted by Crippen LogP contribution is 2.20. The molecule has 118 valence electrons. The minimum absolute atomic E-state index is 0.203. The van der Waals surface area contributed by atoms with E-state index in [1.807, 2.05) is 20.9 Å². The summed E-state index contributed by atoms with van der Waals surface area (Å²) in [6.07, 6.45) is 5.37. The van der Waals surface area contributed by atoms with Crippen molar-refractivity contribution < 1.29 is 9.32 Å². The molecule has 1 atom stereocenters. The van der Waals surface area contributed by atoms with Crippen LogP contribution in [0.3, 0.4) is 0 Å². The van der Waals surface area contributed by atoms with Gasteiger partial charge in [-0.3, -0.25) is 4.79 Å². The first-order valence-electron chi connectivity index (χ1n) is 7.85. The molecule has 1 aromatic heterocycles. The van der Waals surface area contributed by atoms with E-state index >= 15 is 0 Å². The number of piperidine rings is 1. The minimum atomic E-state index is 0.203. The van der Waals surface area contributed by atoms with Gasteiger partial charge in [0.25, 0.3) is 0 Å². The van der Waals surface area contributed by atoms with Gasteiger partial charge in [-0.25, -0.2) is 0 Å². The summed E-state index contributed by atoms with van der Waals surface area (Å²) in [5.41, 5.74) is 1.90. The Balaban J connectivity index is 1.82. The molecule has 21 heavy (non-hydrogen) atoms. The summed E-state index contributed by atoms with van der Waals surface area (Å²) in [6, 6.07) is 0.565. The number of aromatic nitrogens is 1. The SMILES string of the molecule is Cc1noc(C)c1CN(C)C(=O)CCC1CCCCN1C. The fourth-order valence-electron chi connectivity index (χ4n) is 3.04. The van der Waals surface area contributed by atoms with Crippen LogP contribution in [0.4, 0.5) is 0 Å². The molecule has 5 heteroatoms. The minimum Gasteiger partial charge on any atom is -0.361 e. The van der Waals surface area contributed by atoms with E-state index in [1.54, 1.807) is 4.90 Å². The van der Waals surface area contributed by atoms with Crippen molar-refractivity contribution in [3.63, 3.8) is 0 Å². The fraction of sp³-hybridized carbons (Fsp3) is 0.750. The van der Waals surface area contributed by atoms with Crippen LogP contribution in [0.25, 0.3) is 0 Å². The molecule has 1 fully saturated rings. The molecule has 0 spiro atoms. The Morgan fingerprint density at radius 2 is 2.19 bits per heavy atom. The Morgan fingerprint density at radius 3 is 2.81 bits per heavy atom. The monoisotopic (exact) mass is 293 g/mol. The molecule has 1 amide bonds. The van der Waals surface area contributed by atoms with Crippen LogP contribution in [0.5, 0.6) is 0 Å². The molecule has 1 saturated heterocycles. The number of hydrogen-bond donors (Lipinski definition) is 0. The van der Waals surface area contributed by atoms with E-state index in [2.05, 4.69) is 17.1 Å². The number of carbonyl (C=O) groups excluding carboxylic acids is 1. The van der Waals surface area contributed by atoms with Crippen molar-refractivity contribution in [3.05, 3.63) is 17.0 Å². The summed E-state index contributed by atoms with van der Waals surface area (Å²) in [6.45, 7) is 5.56. The second-order valence-corrected chi connectivity index (χ2v) is 6.22. The number of likely N-dealkylation sites (tertiary alicyclic amines) is 1. The largest absolute Gasteiger partial charge is 0.361 e. The highest BCUT2D eigenvalue weighted by atomic mass is 16.5. The molecule has 1 aliphatic heterocycles. The van der Waals surface area contributed by atoms with E-state index < -0.39 is 0 Å². The zero-order chi connectivity index (χ0) is 15.4. The van der Waals surface area contributed by atoms with E-state index in [1.165, 1.54) is 19.3 Å². The van der Waals surface area contributed by atoms with Crippen LogP contribution >= 0.6 is 0 Å². The van der Waals surface area contributed by atoms with E-state index in [0.29, 0.717) is 19.0 Å². The van der Waals surface area contributed by atoms with Crippen molar-refractivity contribution >= 4 is 5.91 Å². The molecule has 5 nitrogen and oxygen atoms in total. The predicted molar refractivity (Wildman–Crippen MR) is 82.0 cm³/mol. The first-order chi connectivity index (χ1) is 9.99. The fourth-order valence-corrected chi connectivity index (χ4v) is 3.04. The van der Waals surface area contributed by atoms with Crippen molar-refractivity contribution in [2.45, 2.75) is 58.5 Å². The molecule has 0 bridgehead atoms. The van der Waals surface area contributed by atoms with Crippen LogP contribution in [-0.4, -0.2) is 47.5 Å². The maximum absolute atomic E-state index is 12.3. The highest BCUT2D eigenvalue weighted by Gasteiger charge is 2.21. The maximum Gasteiger partial charge on any atom is 0.222 e. The molecular weight excluding hydrogens is 266 g/mol. The van der Waals surface area contributed by atoms with Crippen molar-refractivity contribution in [2.24, 2.45) is 0 Å². The first-order valence-corrected chi connectivity index (χ1v) is 7.85. The summed E-state index contributed by atoms with van der Waals surface area (Å²) in [5.74, 6) is 1.01. The first kappa shape index (κ1) is 16.0. The maximum atomic E-state index is 12.3. The molecule has 0 radical (unpaired) electrons. The second kappa shape index (κ2) is 7.07. The predicted octanol–water partition coefficient (Wildman–Crippen LogP) is 2.51. The van der Waals surface area contributed by atoms with Gasteiger partial charge in [0.2, 0.25) is 5.91 Å². The summed E-state index contributed by atoms with van der Waals surface area (Å²) < 4.78 is 5.15. The van der Waals surface area contributed by atoms with Gasteiger partial charge in [0.05, 0.1) is 12.2 Å². The summed E-state index contributed by atoms with van der Waals surface area (Å²) >= 11 is 0. The Labute approximate surface area is 127 Å². The summed E-state index contributed by atoms with van der Waals surface area (Å²) in [7, 11) is 4.03. The van der Waals surface area contributed by atoms with Crippen LogP contribution in [0.2, 0.25) is 0 Å². The average Bonchev–Trinajstić information content (AvgIpc) is 2.78. The van der Waals surface area contributed by atoms with Gasteiger partial charge in [-0.1, -0.05) is 11.6 Å². The standard InChI is InChI=1S/C16H27N3O2/c1-12-15(13(2)21-17-12)11-19(4)16(20)9-8-14-7-5-6-10-18(14)3/h14H,5-11H2,1-4H3. The van der Waals surface area contributed by atoms with E-state index in [9.17, 15) is 4.79 Å². The normalized spacial score (nSPS) is 19.7. The van der Waals surface area contributed by atoms with E-state index in [-0.39, 0.29) is 5.91 Å². The van der Waals surface area contributed by atoms with Gasteiger partial charge in [0, 0.05) is 25.1 Å². The van der Waals surface area contributed by atoms with Crippen LogP contribution in [0, 0.1) is 13.8 Å². The Hall–Kier alpha value is -1.36.